The number of hydrogen-bond acceptors (Lipinski definition) is 2. The molecule has 0 saturated heterocycles. The molecule has 1 aromatic carbocycles. The molecule has 0 saturated carbocycles. The van der Waals surface area contributed by atoms with Crippen LogP contribution < -0.4 is 4.74 Å². The Hall–Kier alpha value is -2.06. The van der Waals surface area contributed by atoms with Crippen molar-refractivity contribution in [2.45, 2.75) is 25.9 Å². The standard InChI is InChI=1S/C10H14O.C10H12O/c2*1-3-4-9-5-7-10(11-2)8-6-9/h3-7,10H,8H2,1-2H3;3,5-8H,1,4H2,2H3. The van der Waals surface area contributed by atoms with Crippen LogP contribution in [0.2, 0.25) is 0 Å². The van der Waals surface area contributed by atoms with E-state index in [0.29, 0.717) is 0 Å². The highest BCUT2D eigenvalue weighted by atomic mass is 16.5. The SMILES string of the molecule is C=CCc1ccc(OC)cc1.CC=CC1=CCC(OC)C=C1. The smallest absolute Gasteiger partial charge is 0.118 e. The number of ether oxygens (including phenoxy) is 2. The molecule has 0 amide bonds. The Labute approximate surface area is 134 Å². The number of hydrogen-bond donors (Lipinski definition) is 0. The molecule has 1 unspecified atom stereocenters. The molecule has 0 radical (unpaired) electrons. The maximum absolute atomic E-state index is 5.16. The lowest BCUT2D eigenvalue weighted by atomic mass is 10.0. The van der Waals surface area contributed by atoms with Crippen molar-refractivity contribution in [1.82, 2.24) is 0 Å². The second-order valence-corrected chi connectivity index (χ2v) is 4.91. The van der Waals surface area contributed by atoms with E-state index < -0.39 is 0 Å². The molecule has 118 valence electrons. The Kier molecular flexibility index (Phi) is 8.70. The van der Waals surface area contributed by atoms with Crippen LogP contribution in [-0.2, 0) is 11.2 Å². The van der Waals surface area contributed by atoms with Crippen molar-refractivity contribution >= 4 is 0 Å². The Morgan fingerprint density at radius 3 is 2.41 bits per heavy atom. The van der Waals surface area contributed by atoms with E-state index in [1.165, 1.54) is 11.1 Å². The monoisotopic (exact) mass is 298 g/mol. The zero-order chi connectivity index (χ0) is 16.2. The summed E-state index contributed by atoms with van der Waals surface area (Å²) >= 11 is 0. The van der Waals surface area contributed by atoms with E-state index in [-0.39, 0.29) is 6.10 Å². The number of benzene rings is 1. The fourth-order valence-electron chi connectivity index (χ4n) is 2.04. The maximum atomic E-state index is 5.16. The van der Waals surface area contributed by atoms with Gasteiger partial charge in [0.2, 0.25) is 0 Å². The Bertz CT molecular complexity index is 521. The molecule has 2 nitrogen and oxygen atoms in total. The van der Waals surface area contributed by atoms with Crippen LogP contribution in [0.4, 0.5) is 0 Å². The molecule has 2 rings (SSSR count). The Morgan fingerprint density at radius 1 is 1.23 bits per heavy atom. The molecule has 1 aliphatic carbocycles. The van der Waals surface area contributed by atoms with Gasteiger partial charge in [0.1, 0.15) is 5.75 Å². The van der Waals surface area contributed by atoms with Gasteiger partial charge in [-0.3, -0.25) is 0 Å². The third kappa shape index (κ3) is 6.59. The van der Waals surface area contributed by atoms with Crippen LogP contribution in [0.1, 0.15) is 18.9 Å². The zero-order valence-corrected chi connectivity index (χ0v) is 13.8. The predicted molar refractivity (Wildman–Crippen MR) is 94.3 cm³/mol. The molecule has 1 aromatic rings. The Morgan fingerprint density at radius 2 is 1.95 bits per heavy atom. The van der Waals surface area contributed by atoms with E-state index in [1.54, 1.807) is 14.2 Å². The van der Waals surface area contributed by atoms with Crippen molar-refractivity contribution in [2.24, 2.45) is 0 Å². The van der Waals surface area contributed by atoms with Crippen LogP contribution in [0.5, 0.6) is 5.75 Å². The fraction of sp³-hybridized carbons (Fsp3) is 0.300. The minimum Gasteiger partial charge on any atom is -0.497 e. The number of allylic oxidation sites excluding steroid dienone is 5. The summed E-state index contributed by atoms with van der Waals surface area (Å²) in [5, 5.41) is 0. The fourth-order valence-corrected chi connectivity index (χ4v) is 2.04. The molecule has 22 heavy (non-hydrogen) atoms. The normalized spacial score (nSPS) is 16.7. The van der Waals surface area contributed by atoms with Crippen LogP contribution in [0.15, 0.2) is 72.9 Å². The quantitative estimate of drug-likeness (QED) is 0.721. The molecule has 0 aliphatic heterocycles. The van der Waals surface area contributed by atoms with E-state index in [1.807, 2.05) is 43.3 Å². The van der Waals surface area contributed by atoms with Crippen LogP contribution in [0, 0.1) is 0 Å². The number of methoxy groups -OCH3 is 2. The van der Waals surface area contributed by atoms with Gasteiger partial charge in [-0.25, -0.2) is 0 Å². The van der Waals surface area contributed by atoms with Gasteiger partial charge < -0.3 is 9.47 Å². The summed E-state index contributed by atoms with van der Waals surface area (Å²) in [5.74, 6) is 0.901. The number of rotatable bonds is 5. The van der Waals surface area contributed by atoms with E-state index in [4.69, 9.17) is 9.47 Å². The van der Waals surface area contributed by atoms with Gasteiger partial charge in [-0.15, -0.1) is 6.58 Å². The Balaban J connectivity index is 0.000000220. The lowest BCUT2D eigenvalue weighted by Gasteiger charge is -2.12. The van der Waals surface area contributed by atoms with Crippen molar-refractivity contribution in [2.75, 3.05) is 14.2 Å². The van der Waals surface area contributed by atoms with Crippen molar-refractivity contribution in [3.05, 3.63) is 78.4 Å². The van der Waals surface area contributed by atoms with Gasteiger partial charge in [-0.2, -0.15) is 0 Å². The summed E-state index contributed by atoms with van der Waals surface area (Å²) in [7, 11) is 3.41. The third-order valence-electron chi connectivity index (χ3n) is 3.29. The summed E-state index contributed by atoms with van der Waals surface area (Å²) in [6.07, 6.45) is 14.6. The van der Waals surface area contributed by atoms with Crippen LogP contribution in [0.3, 0.4) is 0 Å². The maximum Gasteiger partial charge on any atom is 0.118 e. The molecular formula is C20H26O2. The largest absolute Gasteiger partial charge is 0.497 e. The minimum absolute atomic E-state index is 0.281. The van der Waals surface area contributed by atoms with Crippen LogP contribution in [0.25, 0.3) is 0 Å². The molecule has 0 bridgehead atoms. The summed E-state index contributed by atoms with van der Waals surface area (Å²) in [6, 6.07) is 8.00. The second kappa shape index (κ2) is 10.6. The summed E-state index contributed by atoms with van der Waals surface area (Å²) in [4.78, 5) is 0. The van der Waals surface area contributed by atoms with E-state index in [9.17, 15) is 0 Å². The van der Waals surface area contributed by atoms with Gasteiger partial charge >= 0.3 is 0 Å². The molecule has 0 fully saturated rings. The lowest BCUT2D eigenvalue weighted by Crippen LogP contribution is -2.07. The van der Waals surface area contributed by atoms with Gasteiger partial charge in [0, 0.05) is 7.11 Å². The lowest BCUT2D eigenvalue weighted by molar-refractivity contribution is 0.142. The second-order valence-electron chi connectivity index (χ2n) is 4.91. The van der Waals surface area contributed by atoms with E-state index in [0.717, 1.165) is 18.6 Å². The first kappa shape index (κ1) is 18.0. The first-order valence-corrected chi connectivity index (χ1v) is 7.51. The molecular weight excluding hydrogens is 272 g/mol. The third-order valence-corrected chi connectivity index (χ3v) is 3.29. The predicted octanol–water partition coefficient (Wildman–Crippen LogP) is 4.89. The average molecular weight is 298 g/mol. The molecule has 0 aromatic heterocycles. The van der Waals surface area contributed by atoms with E-state index >= 15 is 0 Å². The summed E-state index contributed by atoms with van der Waals surface area (Å²) < 4.78 is 10.2. The molecule has 1 atom stereocenters. The molecule has 0 N–H and O–H groups in total. The molecule has 0 spiro atoms. The van der Waals surface area contributed by atoms with Gasteiger partial charge in [0.05, 0.1) is 13.2 Å². The van der Waals surface area contributed by atoms with Crippen molar-refractivity contribution in [3.63, 3.8) is 0 Å². The van der Waals surface area contributed by atoms with Gasteiger partial charge in [-0.1, -0.05) is 48.6 Å². The van der Waals surface area contributed by atoms with Gasteiger partial charge in [0.15, 0.2) is 0 Å². The first-order chi connectivity index (χ1) is 10.7. The van der Waals surface area contributed by atoms with E-state index in [2.05, 4.69) is 30.9 Å². The van der Waals surface area contributed by atoms with Crippen LogP contribution in [-0.4, -0.2) is 20.3 Å². The highest BCUT2D eigenvalue weighted by Gasteiger charge is 2.04. The van der Waals surface area contributed by atoms with Gasteiger partial charge in [0.25, 0.3) is 0 Å². The summed E-state index contributed by atoms with van der Waals surface area (Å²) in [6.45, 7) is 5.69. The zero-order valence-electron chi connectivity index (χ0n) is 13.8. The van der Waals surface area contributed by atoms with Crippen LogP contribution >= 0.6 is 0 Å². The highest BCUT2D eigenvalue weighted by Crippen LogP contribution is 2.13. The molecule has 2 heteroatoms. The first-order valence-electron chi connectivity index (χ1n) is 7.51. The molecule has 1 aliphatic rings. The van der Waals surface area contributed by atoms with Gasteiger partial charge in [-0.05, 0) is 43.0 Å². The van der Waals surface area contributed by atoms with Crippen molar-refractivity contribution < 1.29 is 9.47 Å². The minimum atomic E-state index is 0.281. The summed E-state index contributed by atoms with van der Waals surface area (Å²) in [5.41, 5.74) is 2.54. The molecule has 0 heterocycles. The highest BCUT2D eigenvalue weighted by molar-refractivity contribution is 5.33. The topological polar surface area (TPSA) is 18.5 Å². The van der Waals surface area contributed by atoms with Crippen molar-refractivity contribution in [1.29, 1.82) is 0 Å². The van der Waals surface area contributed by atoms with Crippen molar-refractivity contribution in [3.8, 4) is 5.75 Å². The average Bonchev–Trinajstić information content (AvgIpc) is 2.57.